The molecule has 2 aromatic carbocycles. The average molecular weight is 409 g/mol. The molecule has 0 radical (unpaired) electrons. The topological polar surface area (TPSA) is 112 Å². The fraction of sp³-hybridized carbons (Fsp3) is 0.286. The molecule has 9 nitrogen and oxygen atoms in total. The van der Waals surface area contributed by atoms with Gasteiger partial charge in [-0.25, -0.2) is 10.4 Å². The summed E-state index contributed by atoms with van der Waals surface area (Å²) in [5.41, 5.74) is 3.73. The van der Waals surface area contributed by atoms with Crippen molar-refractivity contribution in [2.45, 2.75) is 32.9 Å². The van der Waals surface area contributed by atoms with E-state index in [0.717, 1.165) is 0 Å². The highest BCUT2D eigenvalue weighted by molar-refractivity contribution is 5.81. The first kappa shape index (κ1) is 21.1. The number of hydrogen-bond acceptors (Lipinski definition) is 7. The van der Waals surface area contributed by atoms with Crippen LogP contribution in [0.25, 0.3) is 10.9 Å². The first-order valence-corrected chi connectivity index (χ1v) is 9.60. The van der Waals surface area contributed by atoms with E-state index in [1.54, 1.807) is 30.3 Å². The lowest BCUT2D eigenvalue weighted by Crippen LogP contribution is -2.25. The molecule has 1 N–H and O–H groups in total. The summed E-state index contributed by atoms with van der Waals surface area (Å²) >= 11 is 0. The van der Waals surface area contributed by atoms with E-state index in [-0.39, 0.29) is 17.4 Å². The van der Waals surface area contributed by atoms with Gasteiger partial charge in [0.2, 0.25) is 5.95 Å². The molecule has 3 aromatic rings. The quantitative estimate of drug-likeness (QED) is 0.250. The Hall–Kier alpha value is -3.59. The largest absolute Gasteiger partial charge is 0.379 e. The van der Waals surface area contributed by atoms with Crippen LogP contribution in [0.3, 0.4) is 0 Å². The molecule has 156 valence electrons. The molecule has 0 aliphatic carbocycles. The Balaban J connectivity index is 1.85. The van der Waals surface area contributed by atoms with E-state index >= 15 is 0 Å². The van der Waals surface area contributed by atoms with Crippen LogP contribution in [0, 0.1) is 10.1 Å². The first-order valence-electron chi connectivity index (χ1n) is 9.60. The molecule has 0 fully saturated rings. The summed E-state index contributed by atoms with van der Waals surface area (Å²) in [6, 6.07) is 13.2. The highest BCUT2D eigenvalue weighted by Gasteiger charge is 2.10. The fourth-order valence-corrected chi connectivity index (χ4v) is 2.89. The van der Waals surface area contributed by atoms with Gasteiger partial charge in [-0.05, 0) is 32.4 Å². The number of hydrazone groups is 1. The van der Waals surface area contributed by atoms with E-state index in [1.165, 1.54) is 22.9 Å². The molecule has 0 spiro atoms. The molecule has 0 atom stereocenters. The van der Waals surface area contributed by atoms with Crippen molar-refractivity contribution >= 4 is 28.8 Å². The standard InChI is InChI=1S/C21H23N5O4/c1-15(2)30-12-6-11-25-20(27)18-9-3-4-10-19(18)23-21(25)24-22-14-16-7-5-8-17(13-16)26(28)29/h3-5,7-10,13-15H,6,11-12H2,1-2H3,(H,23,24)/b22-14-. The number of para-hydroxylation sites is 1. The summed E-state index contributed by atoms with van der Waals surface area (Å²) in [6.07, 6.45) is 2.20. The first-order chi connectivity index (χ1) is 14.5. The van der Waals surface area contributed by atoms with Crippen LogP contribution in [-0.4, -0.2) is 33.4 Å². The van der Waals surface area contributed by atoms with E-state index < -0.39 is 4.92 Å². The lowest BCUT2D eigenvalue weighted by Gasteiger charge is -2.13. The summed E-state index contributed by atoms with van der Waals surface area (Å²) in [6.45, 7) is 4.85. The van der Waals surface area contributed by atoms with Crippen LogP contribution in [0.15, 0.2) is 58.4 Å². The van der Waals surface area contributed by atoms with Gasteiger partial charge in [0, 0.05) is 30.8 Å². The van der Waals surface area contributed by atoms with Gasteiger partial charge in [0.25, 0.3) is 11.2 Å². The van der Waals surface area contributed by atoms with Gasteiger partial charge in [-0.3, -0.25) is 19.5 Å². The van der Waals surface area contributed by atoms with Crippen molar-refractivity contribution in [2.24, 2.45) is 5.10 Å². The molecular formula is C21H23N5O4. The minimum atomic E-state index is -0.466. The Kier molecular flexibility index (Phi) is 6.87. The van der Waals surface area contributed by atoms with Crippen LogP contribution in [0.1, 0.15) is 25.8 Å². The molecule has 1 aromatic heterocycles. The molecule has 0 saturated heterocycles. The fourth-order valence-electron chi connectivity index (χ4n) is 2.89. The Morgan fingerprint density at radius 1 is 1.27 bits per heavy atom. The van der Waals surface area contributed by atoms with Gasteiger partial charge >= 0.3 is 0 Å². The molecule has 0 bridgehead atoms. The summed E-state index contributed by atoms with van der Waals surface area (Å²) in [4.78, 5) is 27.9. The lowest BCUT2D eigenvalue weighted by atomic mass is 10.2. The highest BCUT2D eigenvalue weighted by Crippen LogP contribution is 2.13. The number of nitro benzene ring substituents is 1. The smallest absolute Gasteiger partial charge is 0.270 e. The lowest BCUT2D eigenvalue weighted by molar-refractivity contribution is -0.384. The minimum absolute atomic E-state index is 0.0233. The molecule has 1 heterocycles. The third kappa shape index (κ3) is 5.26. The Morgan fingerprint density at radius 3 is 2.83 bits per heavy atom. The number of nitrogens with one attached hydrogen (secondary N) is 1. The van der Waals surface area contributed by atoms with Crippen LogP contribution in [0.2, 0.25) is 0 Å². The maximum atomic E-state index is 12.9. The van der Waals surface area contributed by atoms with Crippen LogP contribution < -0.4 is 11.0 Å². The summed E-state index contributed by atoms with van der Waals surface area (Å²) < 4.78 is 7.08. The highest BCUT2D eigenvalue weighted by atomic mass is 16.6. The number of hydrogen-bond donors (Lipinski definition) is 1. The van der Waals surface area contributed by atoms with Crippen LogP contribution in [-0.2, 0) is 11.3 Å². The molecule has 0 unspecified atom stereocenters. The number of fused-ring (bicyclic) bond motifs is 1. The number of benzene rings is 2. The molecule has 3 rings (SSSR count). The minimum Gasteiger partial charge on any atom is -0.379 e. The van der Waals surface area contributed by atoms with Gasteiger partial charge in [0.1, 0.15) is 0 Å². The third-order valence-corrected chi connectivity index (χ3v) is 4.30. The van der Waals surface area contributed by atoms with E-state index in [4.69, 9.17) is 4.74 Å². The van der Waals surface area contributed by atoms with E-state index in [1.807, 2.05) is 19.9 Å². The maximum absolute atomic E-state index is 12.9. The van der Waals surface area contributed by atoms with Crippen molar-refractivity contribution < 1.29 is 9.66 Å². The molecule has 30 heavy (non-hydrogen) atoms. The van der Waals surface area contributed by atoms with Crippen LogP contribution in [0.4, 0.5) is 11.6 Å². The Labute approximate surface area is 173 Å². The number of nitro groups is 1. The average Bonchev–Trinajstić information content (AvgIpc) is 2.73. The Bertz CT molecular complexity index is 1120. The summed E-state index contributed by atoms with van der Waals surface area (Å²) in [7, 11) is 0. The van der Waals surface area contributed by atoms with Crippen LogP contribution >= 0.6 is 0 Å². The number of anilines is 1. The monoisotopic (exact) mass is 409 g/mol. The van der Waals surface area contributed by atoms with Gasteiger partial charge in [-0.1, -0.05) is 24.3 Å². The van der Waals surface area contributed by atoms with Crippen molar-refractivity contribution in [3.05, 3.63) is 74.6 Å². The third-order valence-electron chi connectivity index (χ3n) is 4.30. The van der Waals surface area contributed by atoms with Crippen LogP contribution in [0.5, 0.6) is 0 Å². The SMILES string of the molecule is CC(C)OCCCn1c(N/N=C\c2cccc([N+](=O)[O-])c2)nc2ccccc2c1=O. The second-order valence-corrected chi connectivity index (χ2v) is 6.90. The van der Waals surface area contributed by atoms with E-state index in [0.29, 0.717) is 42.0 Å². The molecule has 0 saturated carbocycles. The second kappa shape index (κ2) is 9.75. The summed E-state index contributed by atoms with van der Waals surface area (Å²) in [5.74, 6) is 0.296. The summed E-state index contributed by atoms with van der Waals surface area (Å²) in [5, 5.41) is 15.6. The number of nitrogens with zero attached hydrogens (tertiary/aromatic N) is 4. The molecule has 0 aliphatic rings. The normalized spacial score (nSPS) is 11.4. The zero-order valence-electron chi connectivity index (χ0n) is 16.8. The predicted octanol–water partition coefficient (Wildman–Crippen LogP) is 3.57. The van der Waals surface area contributed by atoms with E-state index in [2.05, 4.69) is 15.5 Å². The Morgan fingerprint density at radius 2 is 2.07 bits per heavy atom. The van der Waals surface area contributed by atoms with E-state index in [9.17, 15) is 14.9 Å². The van der Waals surface area contributed by atoms with Crippen molar-refractivity contribution in [3.63, 3.8) is 0 Å². The maximum Gasteiger partial charge on any atom is 0.270 e. The zero-order chi connectivity index (χ0) is 21.5. The molecule has 0 amide bonds. The number of non-ortho nitro benzene ring substituents is 1. The van der Waals surface area contributed by atoms with Crippen molar-refractivity contribution in [1.29, 1.82) is 0 Å². The number of rotatable bonds is 9. The predicted molar refractivity (Wildman–Crippen MR) is 116 cm³/mol. The van der Waals surface area contributed by atoms with Gasteiger partial charge < -0.3 is 4.74 Å². The zero-order valence-corrected chi connectivity index (χ0v) is 16.8. The van der Waals surface area contributed by atoms with Crippen molar-refractivity contribution in [1.82, 2.24) is 9.55 Å². The molecule has 0 aliphatic heterocycles. The second-order valence-electron chi connectivity index (χ2n) is 6.90. The van der Waals surface area contributed by atoms with Crippen molar-refractivity contribution in [2.75, 3.05) is 12.0 Å². The van der Waals surface area contributed by atoms with Gasteiger partial charge in [-0.15, -0.1) is 0 Å². The molecule has 9 heteroatoms. The van der Waals surface area contributed by atoms with Gasteiger partial charge in [-0.2, -0.15) is 5.10 Å². The van der Waals surface area contributed by atoms with Gasteiger partial charge in [0.05, 0.1) is 28.1 Å². The number of aromatic nitrogens is 2. The van der Waals surface area contributed by atoms with Crippen molar-refractivity contribution in [3.8, 4) is 0 Å². The van der Waals surface area contributed by atoms with Gasteiger partial charge in [0.15, 0.2) is 0 Å². The number of ether oxygens (including phenoxy) is 1. The molecular weight excluding hydrogens is 386 g/mol.